The molecule has 3 heterocycles. The smallest absolute Gasteiger partial charge is 0.270 e. The van der Waals surface area contributed by atoms with E-state index in [1.54, 1.807) is 42.7 Å². The van der Waals surface area contributed by atoms with Crippen LogP contribution in [-0.2, 0) is 5.60 Å². The van der Waals surface area contributed by atoms with Crippen molar-refractivity contribution in [2.45, 2.75) is 19.4 Å². The van der Waals surface area contributed by atoms with E-state index in [9.17, 15) is 9.90 Å². The molecule has 0 aromatic carbocycles. The van der Waals surface area contributed by atoms with E-state index >= 15 is 0 Å². The van der Waals surface area contributed by atoms with E-state index in [4.69, 9.17) is 4.42 Å². The lowest BCUT2D eigenvalue weighted by molar-refractivity contribution is 0.0323. The van der Waals surface area contributed by atoms with E-state index in [1.165, 1.54) is 11.3 Å². The molecule has 3 aromatic heterocycles. The van der Waals surface area contributed by atoms with Crippen molar-refractivity contribution in [3.8, 4) is 9.88 Å². The number of hydrogen-bond donors (Lipinski definition) is 2. The molecule has 0 aliphatic carbocycles. The highest BCUT2D eigenvalue weighted by atomic mass is 32.1. The first-order valence-corrected chi connectivity index (χ1v) is 8.78. The van der Waals surface area contributed by atoms with E-state index in [0.29, 0.717) is 17.2 Å². The quantitative estimate of drug-likeness (QED) is 0.741. The van der Waals surface area contributed by atoms with E-state index in [1.807, 2.05) is 17.5 Å². The molecule has 0 aliphatic heterocycles. The molecule has 0 spiro atoms. The predicted octanol–water partition coefficient (Wildman–Crippen LogP) is 3.41. The minimum atomic E-state index is -1.27. The van der Waals surface area contributed by atoms with Gasteiger partial charge in [-0.3, -0.25) is 4.79 Å². The summed E-state index contributed by atoms with van der Waals surface area (Å²) in [4.78, 5) is 17.6. The van der Waals surface area contributed by atoms with Crippen LogP contribution in [0.5, 0.6) is 0 Å². The SMILES string of the molecule is Cc1ccc(C(C)(O)CNC(=O)c2csc(-c3cccs3)n2)o1. The molecule has 5 nitrogen and oxygen atoms in total. The van der Waals surface area contributed by atoms with Gasteiger partial charge in [0.25, 0.3) is 5.91 Å². The number of amides is 1. The molecule has 1 unspecified atom stereocenters. The summed E-state index contributed by atoms with van der Waals surface area (Å²) < 4.78 is 5.43. The largest absolute Gasteiger partial charge is 0.463 e. The van der Waals surface area contributed by atoms with Gasteiger partial charge in [-0.2, -0.15) is 0 Å². The minimum absolute atomic E-state index is 0.0463. The first kappa shape index (κ1) is 15.9. The van der Waals surface area contributed by atoms with Crippen LogP contribution in [0.2, 0.25) is 0 Å². The van der Waals surface area contributed by atoms with Crippen LogP contribution in [0, 0.1) is 6.92 Å². The molecule has 0 saturated carbocycles. The number of aliphatic hydroxyl groups is 1. The molecule has 0 saturated heterocycles. The molecule has 7 heteroatoms. The number of aromatic nitrogens is 1. The van der Waals surface area contributed by atoms with E-state index in [-0.39, 0.29) is 12.5 Å². The molecule has 2 N–H and O–H groups in total. The number of rotatable bonds is 5. The Morgan fingerprint density at radius 3 is 2.87 bits per heavy atom. The fourth-order valence-corrected chi connectivity index (χ4v) is 3.66. The first-order chi connectivity index (χ1) is 11.0. The third-order valence-corrected chi connectivity index (χ3v) is 5.21. The first-order valence-electron chi connectivity index (χ1n) is 7.02. The number of thiazole rings is 1. The maximum absolute atomic E-state index is 12.2. The summed E-state index contributed by atoms with van der Waals surface area (Å²) in [7, 11) is 0. The predicted molar refractivity (Wildman–Crippen MR) is 90.8 cm³/mol. The Morgan fingerprint density at radius 2 is 2.22 bits per heavy atom. The number of aryl methyl sites for hydroxylation is 1. The monoisotopic (exact) mass is 348 g/mol. The van der Waals surface area contributed by atoms with Gasteiger partial charge in [-0.1, -0.05) is 6.07 Å². The van der Waals surface area contributed by atoms with Crippen molar-refractivity contribution in [2.24, 2.45) is 0 Å². The van der Waals surface area contributed by atoms with E-state index in [2.05, 4.69) is 10.3 Å². The van der Waals surface area contributed by atoms with Gasteiger partial charge in [0.1, 0.15) is 27.8 Å². The van der Waals surface area contributed by atoms with Crippen molar-refractivity contribution in [3.63, 3.8) is 0 Å². The molecule has 0 radical (unpaired) electrons. The third kappa shape index (κ3) is 3.52. The number of nitrogens with zero attached hydrogens (tertiary/aromatic N) is 1. The van der Waals surface area contributed by atoms with Gasteiger partial charge in [0, 0.05) is 5.38 Å². The number of furan rings is 1. The maximum atomic E-state index is 12.2. The Kier molecular flexibility index (Phi) is 4.34. The summed E-state index contributed by atoms with van der Waals surface area (Å²) in [5, 5.41) is 17.6. The Morgan fingerprint density at radius 1 is 1.39 bits per heavy atom. The summed E-state index contributed by atoms with van der Waals surface area (Å²) in [5.74, 6) is 0.826. The van der Waals surface area contributed by atoms with Crippen LogP contribution in [-0.4, -0.2) is 22.5 Å². The van der Waals surface area contributed by atoms with Crippen molar-refractivity contribution in [1.82, 2.24) is 10.3 Å². The van der Waals surface area contributed by atoms with Gasteiger partial charge in [0.2, 0.25) is 0 Å². The van der Waals surface area contributed by atoms with Crippen molar-refractivity contribution in [1.29, 1.82) is 0 Å². The summed E-state index contributed by atoms with van der Waals surface area (Å²) in [6, 6.07) is 7.40. The molecule has 0 bridgehead atoms. The Hall–Kier alpha value is -1.96. The summed E-state index contributed by atoms with van der Waals surface area (Å²) in [6.07, 6.45) is 0. The zero-order valence-corrected chi connectivity index (χ0v) is 14.3. The number of carbonyl (C=O) groups excluding carboxylic acids is 1. The average Bonchev–Trinajstić information content (AvgIpc) is 3.24. The second-order valence-corrected chi connectivity index (χ2v) is 7.19. The lowest BCUT2D eigenvalue weighted by atomic mass is 10.0. The normalized spacial score (nSPS) is 13.7. The maximum Gasteiger partial charge on any atom is 0.270 e. The molecule has 0 aliphatic rings. The van der Waals surface area contributed by atoms with E-state index in [0.717, 1.165) is 9.88 Å². The van der Waals surface area contributed by atoms with Crippen LogP contribution in [0.15, 0.2) is 39.4 Å². The van der Waals surface area contributed by atoms with Gasteiger partial charge in [-0.15, -0.1) is 22.7 Å². The highest BCUT2D eigenvalue weighted by molar-refractivity contribution is 7.20. The van der Waals surface area contributed by atoms with Crippen LogP contribution in [0.1, 0.15) is 28.9 Å². The third-order valence-electron chi connectivity index (χ3n) is 3.33. The Balaban J connectivity index is 1.65. The number of carbonyl (C=O) groups is 1. The van der Waals surface area contributed by atoms with Crippen LogP contribution < -0.4 is 5.32 Å². The standard InChI is InChI=1S/C16H16N2O3S2/c1-10-5-6-13(21-10)16(2,20)9-17-14(19)11-8-23-15(18-11)12-4-3-7-22-12/h3-8,20H,9H2,1-2H3,(H,17,19). The Bertz CT molecular complexity index is 803. The van der Waals surface area contributed by atoms with Crippen molar-refractivity contribution < 1.29 is 14.3 Å². The van der Waals surface area contributed by atoms with Gasteiger partial charge < -0.3 is 14.8 Å². The van der Waals surface area contributed by atoms with Crippen LogP contribution in [0.4, 0.5) is 0 Å². The average molecular weight is 348 g/mol. The van der Waals surface area contributed by atoms with E-state index < -0.39 is 5.60 Å². The molecule has 0 fully saturated rings. The molecule has 1 amide bonds. The summed E-state index contributed by atoms with van der Waals surface area (Å²) in [5.41, 5.74) is -0.916. The minimum Gasteiger partial charge on any atom is -0.463 e. The van der Waals surface area contributed by atoms with Crippen LogP contribution >= 0.6 is 22.7 Å². The molecule has 23 heavy (non-hydrogen) atoms. The summed E-state index contributed by atoms with van der Waals surface area (Å²) >= 11 is 3.01. The molecule has 3 aromatic rings. The number of hydrogen-bond acceptors (Lipinski definition) is 6. The lowest BCUT2D eigenvalue weighted by Crippen LogP contribution is -2.38. The summed E-state index contributed by atoms with van der Waals surface area (Å²) in [6.45, 7) is 3.45. The molecule has 120 valence electrons. The topological polar surface area (TPSA) is 75.4 Å². The highest BCUT2D eigenvalue weighted by Gasteiger charge is 2.28. The second-order valence-electron chi connectivity index (χ2n) is 5.38. The Labute approximate surface area is 141 Å². The van der Waals surface area contributed by atoms with Crippen molar-refractivity contribution in [2.75, 3.05) is 6.54 Å². The molecule has 1 atom stereocenters. The molecule has 3 rings (SSSR count). The van der Waals surface area contributed by atoms with Crippen LogP contribution in [0.25, 0.3) is 9.88 Å². The van der Waals surface area contributed by atoms with Gasteiger partial charge in [0.15, 0.2) is 0 Å². The fraction of sp³-hybridized carbons (Fsp3) is 0.250. The second kappa shape index (κ2) is 6.27. The van der Waals surface area contributed by atoms with Gasteiger partial charge >= 0.3 is 0 Å². The fourth-order valence-electron chi connectivity index (χ4n) is 2.05. The zero-order chi connectivity index (χ0) is 16.4. The van der Waals surface area contributed by atoms with Crippen molar-refractivity contribution in [3.05, 3.63) is 52.2 Å². The number of nitrogens with one attached hydrogen (secondary N) is 1. The lowest BCUT2D eigenvalue weighted by Gasteiger charge is -2.20. The zero-order valence-electron chi connectivity index (χ0n) is 12.7. The van der Waals surface area contributed by atoms with Gasteiger partial charge in [0.05, 0.1) is 11.4 Å². The van der Waals surface area contributed by atoms with Crippen LogP contribution in [0.3, 0.4) is 0 Å². The van der Waals surface area contributed by atoms with Gasteiger partial charge in [-0.05, 0) is 37.4 Å². The number of thiophene rings is 1. The van der Waals surface area contributed by atoms with Crippen molar-refractivity contribution >= 4 is 28.6 Å². The van der Waals surface area contributed by atoms with Gasteiger partial charge in [-0.25, -0.2) is 4.98 Å². The molecular weight excluding hydrogens is 332 g/mol. The molecular formula is C16H16N2O3S2. The highest BCUT2D eigenvalue weighted by Crippen LogP contribution is 2.28.